The summed E-state index contributed by atoms with van der Waals surface area (Å²) in [6.07, 6.45) is 3.36. The molecular weight excluding hydrogens is 404 g/mol. The van der Waals surface area contributed by atoms with Gasteiger partial charge in [0, 0.05) is 29.1 Å². The molecule has 30 heavy (non-hydrogen) atoms. The van der Waals surface area contributed by atoms with Crippen LogP contribution >= 0.6 is 11.3 Å². The lowest BCUT2D eigenvalue weighted by Gasteiger charge is -2.28. The summed E-state index contributed by atoms with van der Waals surface area (Å²) in [5, 5.41) is 24.0. The Morgan fingerprint density at radius 1 is 1.40 bits per heavy atom. The number of nitro groups is 1. The van der Waals surface area contributed by atoms with Gasteiger partial charge in [0.15, 0.2) is 0 Å². The predicted molar refractivity (Wildman–Crippen MR) is 113 cm³/mol. The quantitative estimate of drug-likeness (QED) is 0.595. The molecule has 8 nitrogen and oxygen atoms in total. The molecule has 0 fully saturated rings. The smallest absolute Gasteiger partial charge is 0.269 e. The molecule has 2 aromatic rings. The van der Waals surface area contributed by atoms with E-state index in [0.717, 1.165) is 29.7 Å². The lowest BCUT2D eigenvalue weighted by molar-refractivity contribution is -0.384. The maximum atomic E-state index is 12.7. The molecule has 1 aliphatic carbocycles. The Morgan fingerprint density at radius 3 is 2.93 bits per heavy atom. The standard InChI is InChI=1S/C21H20N4O4S/c1-12-2-5-15-16(10-22)21(30-18(15)8-12)23-19(26)11-24-17-6-4-14(25(28)29)9-13(17)3-7-20(24)27/h4,6,9,12H,2-3,5,7-8,11H2,1H3,(H,23,26). The normalized spacial score (nSPS) is 17.7. The Bertz CT molecular complexity index is 1100. The number of hydrogen-bond donors (Lipinski definition) is 1. The molecule has 1 N–H and O–H groups in total. The van der Waals surface area contributed by atoms with Gasteiger partial charge in [-0.1, -0.05) is 6.92 Å². The van der Waals surface area contributed by atoms with Crippen LogP contribution in [0.25, 0.3) is 0 Å². The minimum atomic E-state index is -0.476. The SMILES string of the molecule is CC1CCc2c(sc(NC(=O)CN3C(=O)CCc4cc([N+](=O)[O-])ccc43)c2C#N)C1. The summed E-state index contributed by atoms with van der Waals surface area (Å²) < 4.78 is 0. The Kier molecular flexibility index (Phi) is 5.26. The highest BCUT2D eigenvalue weighted by atomic mass is 32.1. The first kappa shape index (κ1) is 20.0. The van der Waals surface area contributed by atoms with Crippen LogP contribution in [0.4, 0.5) is 16.4 Å². The van der Waals surface area contributed by atoms with Crippen molar-refractivity contribution >= 4 is 39.5 Å². The van der Waals surface area contributed by atoms with Crippen molar-refractivity contribution < 1.29 is 14.5 Å². The lowest BCUT2D eigenvalue weighted by atomic mass is 9.89. The second kappa shape index (κ2) is 7.88. The van der Waals surface area contributed by atoms with Crippen molar-refractivity contribution in [2.45, 2.75) is 39.0 Å². The van der Waals surface area contributed by atoms with Gasteiger partial charge in [-0.2, -0.15) is 5.26 Å². The van der Waals surface area contributed by atoms with Crippen molar-refractivity contribution in [3.8, 4) is 6.07 Å². The molecule has 2 amide bonds. The maximum absolute atomic E-state index is 12.7. The molecule has 0 bridgehead atoms. The predicted octanol–water partition coefficient (Wildman–Crippen LogP) is 3.57. The summed E-state index contributed by atoms with van der Waals surface area (Å²) in [7, 11) is 0. The minimum Gasteiger partial charge on any atom is -0.315 e. The number of rotatable bonds is 4. The number of thiophene rings is 1. The molecule has 2 heterocycles. The van der Waals surface area contributed by atoms with Gasteiger partial charge >= 0.3 is 0 Å². The summed E-state index contributed by atoms with van der Waals surface area (Å²) in [6, 6.07) is 6.53. The van der Waals surface area contributed by atoms with Gasteiger partial charge in [0.1, 0.15) is 17.6 Å². The number of carbonyl (C=O) groups excluding carboxylic acids is 2. The number of anilines is 2. The highest BCUT2D eigenvalue weighted by molar-refractivity contribution is 7.16. The second-order valence-corrected chi connectivity index (χ2v) is 8.87. The van der Waals surface area contributed by atoms with Crippen molar-refractivity contribution in [3.05, 3.63) is 49.9 Å². The highest BCUT2D eigenvalue weighted by Gasteiger charge is 2.29. The van der Waals surface area contributed by atoms with Gasteiger partial charge in [0.2, 0.25) is 11.8 Å². The summed E-state index contributed by atoms with van der Waals surface area (Å²) in [6.45, 7) is 1.98. The number of nitro benzene ring substituents is 1. The Morgan fingerprint density at radius 2 is 2.20 bits per heavy atom. The van der Waals surface area contributed by atoms with Crippen LogP contribution in [0.15, 0.2) is 18.2 Å². The van der Waals surface area contributed by atoms with E-state index < -0.39 is 10.8 Å². The Labute approximate surface area is 177 Å². The average Bonchev–Trinajstić information content (AvgIpc) is 3.05. The van der Waals surface area contributed by atoms with E-state index in [1.165, 1.54) is 34.4 Å². The molecule has 2 aliphatic rings. The average molecular weight is 424 g/mol. The van der Waals surface area contributed by atoms with Crippen LogP contribution in [0.1, 0.15) is 41.3 Å². The van der Waals surface area contributed by atoms with Crippen LogP contribution < -0.4 is 10.2 Å². The fraction of sp³-hybridized carbons (Fsp3) is 0.381. The monoisotopic (exact) mass is 424 g/mol. The zero-order chi connectivity index (χ0) is 21.4. The van der Waals surface area contributed by atoms with Crippen LogP contribution in [0.3, 0.4) is 0 Å². The minimum absolute atomic E-state index is 0.0374. The molecule has 4 rings (SSSR count). The van der Waals surface area contributed by atoms with E-state index in [1.807, 2.05) is 0 Å². The zero-order valence-corrected chi connectivity index (χ0v) is 17.3. The van der Waals surface area contributed by atoms with Gasteiger partial charge in [0.05, 0.1) is 10.5 Å². The number of carbonyl (C=O) groups is 2. The topological polar surface area (TPSA) is 116 Å². The first-order valence-electron chi connectivity index (χ1n) is 9.79. The largest absolute Gasteiger partial charge is 0.315 e. The molecular formula is C21H20N4O4S. The van der Waals surface area contributed by atoms with Crippen LogP contribution in [0.2, 0.25) is 0 Å². The van der Waals surface area contributed by atoms with E-state index in [-0.39, 0.29) is 24.6 Å². The number of non-ortho nitro benzene ring substituents is 1. The molecule has 0 saturated carbocycles. The lowest BCUT2D eigenvalue weighted by Crippen LogP contribution is -2.40. The first-order chi connectivity index (χ1) is 14.4. The van der Waals surface area contributed by atoms with Crippen molar-refractivity contribution in [2.75, 3.05) is 16.8 Å². The summed E-state index contributed by atoms with van der Waals surface area (Å²) in [5.74, 6) is -0.0400. The number of hydrogen-bond acceptors (Lipinski definition) is 6. The maximum Gasteiger partial charge on any atom is 0.269 e. The number of nitrogens with zero attached hydrogens (tertiary/aromatic N) is 3. The molecule has 1 aliphatic heterocycles. The van der Waals surface area contributed by atoms with Crippen molar-refractivity contribution in [2.24, 2.45) is 5.92 Å². The van der Waals surface area contributed by atoms with Gasteiger partial charge in [-0.15, -0.1) is 11.3 Å². The summed E-state index contributed by atoms with van der Waals surface area (Å²) >= 11 is 1.44. The van der Waals surface area contributed by atoms with E-state index in [4.69, 9.17) is 0 Å². The molecule has 0 spiro atoms. The first-order valence-corrected chi connectivity index (χ1v) is 10.6. The van der Waals surface area contributed by atoms with Gasteiger partial charge < -0.3 is 10.2 Å². The summed E-state index contributed by atoms with van der Waals surface area (Å²) in [5.41, 5.74) is 2.71. The molecule has 154 valence electrons. The zero-order valence-electron chi connectivity index (χ0n) is 16.4. The Hall–Kier alpha value is -3.25. The van der Waals surface area contributed by atoms with E-state index >= 15 is 0 Å². The highest BCUT2D eigenvalue weighted by Crippen LogP contribution is 2.39. The van der Waals surface area contributed by atoms with Crippen molar-refractivity contribution in [3.63, 3.8) is 0 Å². The molecule has 1 unspecified atom stereocenters. The van der Waals surface area contributed by atoms with Gasteiger partial charge in [0.25, 0.3) is 5.69 Å². The molecule has 1 aromatic carbocycles. The molecule has 1 aromatic heterocycles. The van der Waals surface area contributed by atoms with Crippen LogP contribution in [-0.4, -0.2) is 23.3 Å². The third-order valence-corrected chi connectivity index (χ3v) is 6.82. The van der Waals surface area contributed by atoms with Crippen LogP contribution in [-0.2, 0) is 28.9 Å². The summed E-state index contributed by atoms with van der Waals surface area (Å²) in [4.78, 5) is 38.2. The molecule has 1 atom stereocenters. The van der Waals surface area contributed by atoms with E-state index in [2.05, 4.69) is 18.3 Å². The number of amides is 2. The molecule has 0 radical (unpaired) electrons. The Balaban J connectivity index is 1.55. The number of benzene rings is 1. The fourth-order valence-corrected chi connectivity index (χ4v) is 5.48. The molecule has 0 saturated heterocycles. The number of fused-ring (bicyclic) bond motifs is 2. The van der Waals surface area contributed by atoms with Crippen LogP contribution in [0, 0.1) is 27.4 Å². The molecule has 9 heteroatoms. The third-order valence-electron chi connectivity index (χ3n) is 5.65. The van der Waals surface area contributed by atoms with Crippen molar-refractivity contribution in [1.29, 1.82) is 5.26 Å². The van der Waals surface area contributed by atoms with Crippen LogP contribution in [0.5, 0.6) is 0 Å². The van der Waals surface area contributed by atoms with Gasteiger partial charge in [-0.3, -0.25) is 19.7 Å². The van der Waals surface area contributed by atoms with E-state index in [9.17, 15) is 25.0 Å². The van der Waals surface area contributed by atoms with E-state index in [1.54, 1.807) is 0 Å². The number of nitrogens with one attached hydrogen (secondary N) is 1. The van der Waals surface area contributed by atoms with Gasteiger partial charge in [-0.05, 0) is 48.8 Å². The van der Waals surface area contributed by atoms with Gasteiger partial charge in [-0.25, -0.2) is 0 Å². The second-order valence-electron chi connectivity index (χ2n) is 7.77. The number of aryl methyl sites for hydroxylation is 1. The number of nitriles is 1. The third kappa shape index (κ3) is 3.66. The van der Waals surface area contributed by atoms with Crippen molar-refractivity contribution in [1.82, 2.24) is 0 Å². The van der Waals surface area contributed by atoms with E-state index in [0.29, 0.717) is 34.2 Å². The fourth-order valence-electron chi connectivity index (χ4n) is 4.10.